The number of nitrogens with zero attached hydrogens (tertiary/aromatic N) is 3. The van der Waals surface area contributed by atoms with Crippen LogP contribution in [-0.4, -0.2) is 78.1 Å². The lowest BCUT2D eigenvalue weighted by atomic mass is 10.1. The summed E-state index contributed by atoms with van der Waals surface area (Å²) in [6.45, 7) is 10.6. The number of hydrogen-bond acceptors (Lipinski definition) is 4. The monoisotopic (exact) mass is 331 g/mol. The quantitative estimate of drug-likeness (QED) is 0.908. The highest BCUT2D eigenvalue weighted by atomic mass is 16.4. The van der Waals surface area contributed by atoms with Gasteiger partial charge in [0.25, 0.3) is 0 Å². The van der Waals surface area contributed by atoms with Crippen LogP contribution in [0.4, 0.5) is 0 Å². The van der Waals surface area contributed by atoms with Crippen LogP contribution in [0, 0.1) is 19.8 Å². The highest BCUT2D eigenvalue weighted by Gasteiger charge is 2.35. The fraction of sp³-hybridized carbons (Fsp3) is 0.632. The number of piperazine rings is 1. The van der Waals surface area contributed by atoms with Crippen LogP contribution < -0.4 is 0 Å². The third-order valence-corrected chi connectivity index (χ3v) is 5.24. The number of carboxylic acids is 1. The predicted molar refractivity (Wildman–Crippen MR) is 95.2 cm³/mol. The Morgan fingerprint density at radius 2 is 1.79 bits per heavy atom. The average Bonchev–Trinajstić information content (AvgIpc) is 2.63. The number of carbonyl (C=O) groups is 1. The van der Waals surface area contributed by atoms with Gasteiger partial charge in [-0.05, 0) is 26.5 Å². The molecule has 0 spiro atoms. The van der Waals surface area contributed by atoms with Crippen LogP contribution in [0.2, 0.25) is 0 Å². The second kappa shape index (κ2) is 7.21. The van der Waals surface area contributed by atoms with Gasteiger partial charge in [0.1, 0.15) is 0 Å². The van der Waals surface area contributed by atoms with Crippen molar-refractivity contribution in [3.8, 4) is 0 Å². The first-order valence-electron chi connectivity index (χ1n) is 8.85. The maximum absolute atomic E-state index is 11.4. The molecule has 132 valence electrons. The Labute approximate surface area is 144 Å². The largest absolute Gasteiger partial charge is 0.481 e. The molecule has 2 aliphatic heterocycles. The van der Waals surface area contributed by atoms with E-state index in [-0.39, 0.29) is 5.92 Å². The van der Waals surface area contributed by atoms with Gasteiger partial charge < -0.3 is 10.0 Å². The number of hydrogen-bond donors (Lipinski definition) is 1. The summed E-state index contributed by atoms with van der Waals surface area (Å²) in [5.41, 5.74) is 4.02. The number of carboxylic acid groups (broad SMARTS) is 1. The minimum absolute atomic E-state index is 0.272. The molecule has 1 N–H and O–H groups in total. The highest BCUT2D eigenvalue weighted by molar-refractivity contribution is 5.70. The summed E-state index contributed by atoms with van der Waals surface area (Å²) in [7, 11) is 2.04. The van der Waals surface area contributed by atoms with Crippen molar-refractivity contribution < 1.29 is 9.90 Å². The Hall–Kier alpha value is -1.43. The molecule has 0 aliphatic carbocycles. The second-order valence-corrected chi connectivity index (χ2v) is 7.64. The third kappa shape index (κ3) is 4.15. The van der Waals surface area contributed by atoms with E-state index in [1.165, 1.54) is 16.7 Å². The van der Waals surface area contributed by atoms with Crippen LogP contribution in [0.15, 0.2) is 18.2 Å². The molecule has 3 rings (SSSR count). The Kier molecular flexibility index (Phi) is 5.23. The molecule has 5 heteroatoms. The second-order valence-electron chi connectivity index (χ2n) is 7.64. The molecular weight excluding hydrogens is 302 g/mol. The minimum Gasteiger partial charge on any atom is -0.481 e. The fourth-order valence-electron chi connectivity index (χ4n) is 4.24. The van der Waals surface area contributed by atoms with Crippen molar-refractivity contribution in [2.45, 2.75) is 26.4 Å². The van der Waals surface area contributed by atoms with E-state index in [1.54, 1.807) is 0 Å². The van der Waals surface area contributed by atoms with Gasteiger partial charge in [-0.25, -0.2) is 0 Å². The van der Waals surface area contributed by atoms with Crippen molar-refractivity contribution in [1.29, 1.82) is 0 Å². The molecule has 0 radical (unpaired) electrons. The van der Waals surface area contributed by atoms with Gasteiger partial charge in [0, 0.05) is 51.9 Å². The summed E-state index contributed by atoms with van der Waals surface area (Å²) in [5, 5.41) is 9.41. The maximum Gasteiger partial charge on any atom is 0.309 e. The zero-order valence-corrected chi connectivity index (χ0v) is 15.0. The first kappa shape index (κ1) is 17.4. The molecule has 24 heavy (non-hydrogen) atoms. The van der Waals surface area contributed by atoms with Crippen molar-refractivity contribution in [3.05, 3.63) is 34.9 Å². The smallest absolute Gasteiger partial charge is 0.309 e. The molecule has 0 bridgehead atoms. The summed E-state index contributed by atoms with van der Waals surface area (Å²) in [5.74, 6) is -0.939. The minimum atomic E-state index is -0.667. The Balaban J connectivity index is 1.66. The van der Waals surface area contributed by atoms with E-state index >= 15 is 0 Å². The molecule has 5 nitrogen and oxygen atoms in total. The molecule has 0 amide bonds. The van der Waals surface area contributed by atoms with Gasteiger partial charge in [-0.3, -0.25) is 14.6 Å². The van der Waals surface area contributed by atoms with Crippen molar-refractivity contribution in [1.82, 2.24) is 14.7 Å². The molecular formula is C19H29N3O2. The molecule has 1 aromatic carbocycles. The van der Waals surface area contributed by atoms with Crippen molar-refractivity contribution >= 4 is 5.97 Å². The van der Waals surface area contributed by atoms with Gasteiger partial charge >= 0.3 is 5.97 Å². The van der Waals surface area contributed by atoms with Gasteiger partial charge in [0.05, 0.1) is 5.92 Å². The number of aryl methyl sites for hydroxylation is 2. The van der Waals surface area contributed by atoms with Gasteiger partial charge in [0.2, 0.25) is 0 Å². The molecule has 2 saturated heterocycles. The third-order valence-electron chi connectivity index (χ3n) is 5.24. The summed E-state index contributed by atoms with van der Waals surface area (Å²) in [6.07, 6.45) is 0. The lowest BCUT2D eigenvalue weighted by Crippen LogP contribution is -2.55. The lowest BCUT2D eigenvalue weighted by molar-refractivity contribution is -0.142. The van der Waals surface area contributed by atoms with Gasteiger partial charge in [-0.15, -0.1) is 0 Å². The van der Waals surface area contributed by atoms with Crippen LogP contribution in [0.1, 0.15) is 16.7 Å². The van der Waals surface area contributed by atoms with E-state index in [9.17, 15) is 9.90 Å². The van der Waals surface area contributed by atoms with Crippen molar-refractivity contribution in [2.75, 3.05) is 46.3 Å². The molecule has 0 saturated carbocycles. The first-order chi connectivity index (χ1) is 11.4. The van der Waals surface area contributed by atoms with E-state index in [0.717, 1.165) is 32.7 Å². The van der Waals surface area contributed by atoms with E-state index in [4.69, 9.17) is 0 Å². The number of benzene rings is 1. The predicted octanol–water partition coefficient (Wildman–Crippen LogP) is 1.44. The Bertz CT molecular complexity index is 584. The molecule has 2 atom stereocenters. The van der Waals surface area contributed by atoms with Gasteiger partial charge in [-0.2, -0.15) is 0 Å². The molecule has 2 fully saturated rings. The topological polar surface area (TPSA) is 47.0 Å². The number of aliphatic carboxylic acids is 1. The maximum atomic E-state index is 11.4. The highest BCUT2D eigenvalue weighted by Crippen LogP contribution is 2.20. The summed E-state index contributed by atoms with van der Waals surface area (Å²) in [6, 6.07) is 7.20. The van der Waals surface area contributed by atoms with Gasteiger partial charge in [-0.1, -0.05) is 29.3 Å². The standard InChI is InChI=1S/C19H29N3O2/c1-14-6-15(2)8-16(7-14)9-21-4-5-22-11-17(19(23)24)10-20(3)12-18(22)13-21/h6-8,17-18H,4-5,9-13H2,1-3H3,(H,23,24)/t17-,18-/m1/s1. The first-order valence-corrected chi connectivity index (χ1v) is 8.85. The molecule has 1 aromatic rings. The number of rotatable bonds is 3. The normalized spacial score (nSPS) is 26.8. The zero-order chi connectivity index (χ0) is 17.3. The SMILES string of the molecule is Cc1cc(C)cc(CN2CCN3C[C@H](C(=O)O)CN(C)C[C@@H]3C2)c1. The van der Waals surface area contributed by atoms with E-state index in [2.05, 4.69) is 46.7 Å². The molecule has 2 heterocycles. The van der Waals surface area contributed by atoms with Crippen LogP contribution in [-0.2, 0) is 11.3 Å². The van der Waals surface area contributed by atoms with Crippen LogP contribution in [0.5, 0.6) is 0 Å². The molecule has 2 aliphatic rings. The average molecular weight is 331 g/mol. The van der Waals surface area contributed by atoms with Crippen molar-refractivity contribution in [2.24, 2.45) is 5.92 Å². The zero-order valence-electron chi connectivity index (χ0n) is 15.0. The van der Waals surface area contributed by atoms with Crippen molar-refractivity contribution in [3.63, 3.8) is 0 Å². The van der Waals surface area contributed by atoms with Crippen LogP contribution >= 0.6 is 0 Å². The number of fused-ring (bicyclic) bond motifs is 1. The lowest BCUT2D eigenvalue weighted by Gasteiger charge is -2.41. The summed E-state index contributed by atoms with van der Waals surface area (Å²) in [4.78, 5) is 18.5. The van der Waals surface area contributed by atoms with Crippen LogP contribution in [0.3, 0.4) is 0 Å². The summed E-state index contributed by atoms with van der Waals surface area (Å²) >= 11 is 0. The van der Waals surface area contributed by atoms with Crippen LogP contribution in [0.25, 0.3) is 0 Å². The van der Waals surface area contributed by atoms with Gasteiger partial charge in [0.15, 0.2) is 0 Å². The van der Waals surface area contributed by atoms with E-state index < -0.39 is 5.97 Å². The Morgan fingerprint density at radius 1 is 1.08 bits per heavy atom. The molecule has 0 aromatic heterocycles. The summed E-state index contributed by atoms with van der Waals surface area (Å²) < 4.78 is 0. The number of likely N-dealkylation sites (N-methyl/N-ethyl adjacent to an activating group) is 1. The fourth-order valence-corrected chi connectivity index (χ4v) is 4.24. The van der Waals surface area contributed by atoms with E-state index in [1.807, 2.05) is 7.05 Å². The van der Waals surface area contributed by atoms with E-state index in [0.29, 0.717) is 19.1 Å². The molecule has 0 unspecified atom stereocenters. The Morgan fingerprint density at radius 3 is 2.46 bits per heavy atom.